The number of hydrogen-bond acceptors (Lipinski definition) is 5. The first-order chi connectivity index (χ1) is 17.1. The number of aromatic nitrogens is 3. The monoisotopic (exact) mass is 471 g/mol. The number of likely N-dealkylation sites (tertiary alicyclic amines) is 2. The minimum atomic E-state index is -1.16. The van der Waals surface area contributed by atoms with Crippen molar-refractivity contribution >= 4 is 17.7 Å². The number of carbonyl (C=O) groups excluding carboxylic acids is 3. The third-order valence-corrected chi connectivity index (χ3v) is 7.35. The van der Waals surface area contributed by atoms with Gasteiger partial charge in [0.2, 0.25) is 17.7 Å². The molecule has 8 nitrogen and oxygen atoms in total. The van der Waals surface area contributed by atoms with Crippen molar-refractivity contribution in [3.05, 3.63) is 84.7 Å². The topological polar surface area (TPSA) is 88.4 Å². The molecule has 0 N–H and O–H groups in total. The van der Waals surface area contributed by atoms with Crippen LogP contribution in [0, 0.1) is 0 Å². The summed E-state index contributed by atoms with van der Waals surface area (Å²) in [7, 11) is 0. The number of carbonyl (C=O) groups is 3. The number of hydrogen-bond donors (Lipinski definition) is 0. The predicted octanol–water partition coefficient (Wildman–Crippen LogP) is 2.77. The molecule has 180 valence electrons. The summed E-state index contributed by atoms with van der Waals surface area (Å²) in [5, 5.41) is 0. The highest BCUT2D eigenvalue weighted by molar-refractivity contribution is 6.10. The van der Waals surface area contributed by atoms with E-state index in [0.29, 0.717) is 25.6 Å². The van der Waals surface area contributed by atoms with Gasteiger partial charge in [-0.05, 0) is 42.0 Å². The van der Waals surface area contributed by atoms with Gasteiger partial charge >= 0.3 is 0 Å². The molecule has 5 rings (SSSR count). The molecule has 3 amide bonds. The van der Waals surface area contributed by atoms with Crippen molar-refractivity contribution in [2.45, 2.75) is 43.6 Å². The van der Waals surface area contributed by atoms with E-state index < -0.39 is 5.41 Å². The summed E-state index contributed by atoms with van der Waals surface area (Å²) in [6, 6.07) is 13.4. The van der Waals surface area contributed by atoms with Crippen LogP contribution in [0.5, 0.6) is 0 Å². The number of imidazole rings is 1. The zero-order chi connectivity index (χ0) is 24.3. The average Bonchev–Trinajstić information content (AvgIpc) is 3.50. The Morgan fingerprint density at radius 1 is 0.943 bits per heavy atom. The van der Waals surface area contributed by atoms with Crippen molar-refractivity contribution in [2.75, 3.05) is 19.6 Å². The van der Waals surface area contributed by atoms with Crippen LogP contribution >= 0.6 is 0 Å². The van der Waals surface area contributed by atoms with Crippen molar-refractivity contribution < 1.29 is 14.4 Å². The summed E-state index contributed by atoms with van der Waals surface area (Å²) in [6.07, 6.45) is 10.5. The lowest BCUT2D eigenvalue weighted by atomic mass is 9.75. The maximum absolute atomic E-state index is 13.8. The zero-order valence-electron chi connectivity index (χ0n) is 19.6. The first kappa shape index (κ1) is 23.0. The summed E-state index contributed by atoms with van der Waals surface area (Å²) in [6.45, 7) is 2.01. The minimum absolute atomic E-state index is 0.00306. The fourth-order valence-corrected chi connectivity index (χ4v) is 5.35. The van der Waals surface area contributed by atoms with Crippen molar-refractivity contribution in [1.82, 2.24) is 24.3 Å². The second kappa shape index (κ2) is 9.82. The van der Waals surface area contributed by atoms with Crippen LogP contribution in [-0.2, 0) is 26.3 Å². The Balaban J connectivity index is 1.32. The van der Waals surface area contributed by atoms with E-state index in [1.54, 1.807) is 31.1 Å². The van der Waals surface area contributed by atoms with Gasteiger partial charge in [-0.25, -0.2) is 4.98 Å². The molecule has 0 saturated carbocycles. The molecule has 1 aromatic carbocycles. The highest BCUT2D eigenvalue weighted by Crippen LogP contribution is 2.41. The van der Waals surface area contributed by atoms with Gasteiger partial charge in [0.15, 0.2) is 0 Å². The number of rotatable bonds is 7. The van der Waals surface area contributed by atoms with Gasteiger partial charge in [0, 0.05) is 63.8 Å². The number of pyridine rings is 1. The molecule has 0 bridgehead atoms. The maximum Gasteiger partial charge on any atom is 0.240 e. The van der Waals surface area contributed by atoms with E-state index in [1.807, 2.05) is 51.9 Å². The average molecular weight is 472 g/mol. The lowest BCUT2D eigenvalue weighted by molar-refractivity contribution is -0.143. The van der Waals surface area contributed by atoms with Crippen LogP contribution in [0.1, 0.15) is 42.7 Å². The Labute approximate surface area is 204 Å². The lowest BCUT2D eigenvalue weighted by Gasteiger charge is -2.35. The highest BCUT2D eigenvalue weighted by Gasteiger charge is 2.54. The molecule has 4 heterocycles. The van der Waals surface area contributed by atoms with E-state index in [4.69, 9.17) is 0 Å². The fourth-order valence-electron chi connectivity index (χ4n) is 5.35. The van der Waals surface area contributed by atoms with E-state index in [2.05, 4.69) is 9.97 Å². The number of imide groups is 1. The molecule has 2 aromatic heterocycles. The Morgan fingerprint density at radius 2 is 1.69 bits per heavy atom. The van der Waals surface area contributed by atoms with Gasteiger partial charge in [-0.2, -0.15) is 0 Å². The van der Waals surface area contributed by atoms with Crippen LogP contribution in [-0.4, -0.2) is 61.7 Å². The second-order valence-electron chi connectivity index (χ2n) is 9.39. The molecule has 2 fully saturated rings. The summed E-state index contributed by atoms with van der Waals surface area (Å²) in [5.41, 5.74) is 0.813. The highest BCUT2D eigenvalue weighted by atomic mass is 16.2. The summed E-state index contributed by atoms with van der Waals surface area (Å²) in [4.78, 5) is 51.6. The third-order valence-electron chi connectivity index (χ3n) is 7.35. The van der Waals surface area contributed by atoms with Gasteiger partial charge in [-0.1, -0.05) is 30.3 Å². The standard InChI is InChI=1S/C27H29N5O3/c33-24(31-13-8-22(9-14-31)21-6-10-28-11-7-21)18-27(23-4-2-1-3-5-23)19-25(34)32(26(27)35)17-16-30-15-12-29-20-30/h1-7,10-12,15,20,22H,8-9,13-14,16-19H2/t27-/m0/s1. The van der Waals surface area contributed by atoms with Gasteiger partial charge < -0.3 is 9.47 Å². The quantitative estimate of drug-likeness (QED) is 0.495. The summed E-state index contributed by atoms with van der Waals surface area (Å²) >= 11 is 0. The van der Waals surface area contributed by atoms with Crippen molar-refractivity contribution in [3.63, 3.8) is 0 Å². The molecule has 2 aliphatic rings. The zero-order valence-corrected chi connectivity index (χ0v) is 19.6. The molecular formula is C27H29N5O3. The third kappa shape index (κ3) is 4.60. The van der Waals surface area contributed by atoms with Gasteiger partial charge in [0.05, 0.1) is 11.7 Å². The summed E-state index contributed by atoms with van der Waals surface area (Å²) < 4.78 is 1.83. The molecule has 3 aromatic rings. The minimum Gasteiger partial charge on any atom is -0.343 e. The Bertz CT molecular complexity index is 1170. The Kier molecular flexibility index (Phi) is 6.44. The van der Waals surface area contributed by atoms with Gasteiger partial charge in [-0.15, -0.1) is 0 Å². The molecule has 0 spiro atoms. The van der Waals surface area contributed by atoms with E-state index in [-0.39, 0.29) is 37.1 Å². The maximum atomic E-state index is 13.8. The van der Waals surface area contributed by atoms with E-state index in [1.165, 1.54) is 10.5 Å². The van der Waals surface area contributed by atoms with E-state index in [0.717, 1.165) is 18.4 Å². The molecule has 35 heavy (non-hydrogen) atoms. The van der Waals surface area contributed by atoms with Crippen molar-refractivity contribution in [2.24, 2.45) is 0 Å². The number of piperidine rings is 1. The molecule has 2 aliphatic heterocycles. The SMILES string of the molecule is O=C(C[C@@]1(c2ccccc2)CC(=O)N(CCn2ccnc2)C1=O)N1CCC(c2ccncc2)CC1. The van der Waals surface area contributed by atoms with Gasteiger partial charge in [0.1, 0.15) is 0 Å². The summed E-state index contributed by atoms with van der Waals surface area (Å²) in [5.74, 6) is -0.185. The lowest BCUT2D eigenvalue weighted by Crippen LogP contribution is -2.45. The number of nitrogens with zero attached hydrogens (tertiary/aromatic N) is 5. The molecule has 8 heteroatoms. The molecule has 0 unspecified atom stereocenters. The first-order valence-electron chi connectivity index (χ1n) is 12.1. The predicted molar refractivity (Wildman–Crippen MR) is 129 cm³/mol. The van der Waals surface area contributed by atoms with Crippen LogP contribution in [0.15, 0.2) is 73.6 Å². The van der Waals surface area contributed by atoms with Crippen LogP contribution < -0.4 is 0 Å². The molecular weight excluding hydrogens is 442 g/mol. The smallest absolute Gasteiger partial charge is 0.240 e. The molecule has 1 atom stereocenters. The first-order valence-corrected chi connectivity index (χ1v) is 12.1. The molecule has 0 aliphatic carbocycles. The van der Waals surface area contributed by atoms with Crippen LogP contribution in [0.3, 0.4) is 0 Å². The number of benzene rings is 1. The van der Waals surface area contributed by atoms with E-state index in [9.17, 15) is 14.4 Å². The van der Waals surface area contributed by atoms with Crippen LogP contribution in [0.2, 0.25) is 0 Å². The van der Waals surface area contributed by atoms with Crippen LogP contribution in [0.25, 0.3) is 0 Å². The van der Waals surface area contributed by atoms with Crippen LogP contribution in [0.4, 0.5) is 0 Å². The van der Waals surface area contributed by atoms with Gasteiger partial charge in [-0.3, -0.25) is 24.3 Å². The largest absolute Gasteiger partial charge is 0.343 e. The Hall–Kier alpha value is -3.81. The second-order valence-corrected chi connectivity index (χ2v) is 9.39. The van der Waals surface area contributed by atoms with Crippen molar-refractivity contribution in [1.29, 1.82) is 0 Å². The normalized spacial score (nSPS) is 21.0. The Morgan fingerprint density at radius 3 is 2.37 bits per heavy atom. The van der Waals surface area contributed by atoms with E-state index >= 15 is 0 Å². The molecule has 2 saturated heterocycles. The fraction of sp³-hybridized carbons (Fsp3) is 0.370. The van der Waals surface area contributed by atoms with Crippen molar-refractivity contribution in [3.8, 4) is 0 Å². The number of amides is 3. The molecule has 0 radical (unpaired) electrons. The van der Waals surface area contributed by atoms with Gasteiger partial charge in [0.25, 0.3) is 0 Å².